The summed E-state index contributed by atoms with van der Waals surface area (Å²) in [7, 11) is 0. The van der Waals surface area contributed by atoms with Crippen LogP contribution in [0, 0.1) is 18.3 Å². The summed E-state index contributed by atoms with van der Waals surface area (Å²) in [5, 5.41) is 22.3. The van der Waals surface area contributed by atoms with Gasteiger partial charge in [0.1, 0.15) is 5.52 Å². The number of fused-ring (bicyclic) bond motifs is 1. The molecule has 2 N–H and O–H groups in total. The van der Waals surface area contributed by atoms with Gasteiger partial charge >= 0.3 is 0 Å². The van der Waals surface area contributed by atoms with Crippen molar-refractivity contribution in [3.8, 4) is 17.5 Å². The fraction of sp³-hybridized carbons (Fsp3) is 0.0417. The zero-order chi connectivity index (χ0) is 21.1. The first-order chi connectivity index (χ1) is 14.5. The second-order valence-electron chi connectivity index (χ2n) is 6.87. The van der Waals surface area contributed by atoms with Gasteiger partial charge in [-0.05, 0) is 61.0 Å². The molecule has 1 amide bonds. The number of carbonyl (C=O) groups excluding carboxylic acids is 1. The predicted octanol–water partition coefficient (Wildman–Crippen LogP) is 4.77. The van der Waals surface area contributed by atoms with E-state index >= 15 is 0 Å². The number of benzene rings is 3. The van der Waals surface area contributed by atoms with Crippen LogP contribution in [0.3, 0.4) is 0 Å². The van der Waals surface area contributed by atoms with Gasteiger partial charge in [-0.15, -0.1) is 0 Å². The smallest absolute Gasteiger partial charge is 0.248 e. The molecular weight excluding hydrogens is 376 g/mol. The Balaban J connectivity index is 1.50. The molecule has 0 bridgehead atoms. The van der Waals surface area contributed by atoms with Crippen molar-refractivity contribution in [2.45, 2.75) is 6.92 Å². The van der Waals surface area contributed by atoms with Crippen LogP contribution in [0.25, 0.3) is 28.5 Å². The topological polar surface area (TPSA) is 90.9 Å². The van der Waals surface area contributed by atoms with Crippen molar-refractivity contribution in [1.29, 1.82) is 5.26 Å². The second kappa shape index (κ2) is 7.94. The van der Waals surface area contributed by atoms with E-state index in [0.717, 1.165) is 10.3 Å². The fourth-order valence-corrected chi connectivity index (χ4v) is 3.06. The standard InChI is InChI=1S/C24H18N4O2/c1-16-2-4-17(5-3-16)7-13-23(29)26-20-10-8-19(9-11-20)24-27-21-12-6-18(15-25)14-22(21)28(24)30/h2-14,30H,1H3,(H,26,29)/b13-7+. The molecule has 30 heavy (non-hydrogen) atoms. The van der Waals surface area contributed by atoms with E-state index in [1.165, 1.54) is 11.6 Å². The molecule has 0 saturated carbocycles. The summed E-state index contributed by atoms with van der Waals surface area (Å²) in [4.78, 5) is 16.6. The quantitative estimate of drug-likeness (QED) is 0.385. The van der Waals surface area contributed by atoms with Crippen molar-refractivity contribution in [3.05, 3.63) is 89.5 Å². The molecule has 0 aliphatic heterocycles. The van der Waals surface area contributed by atoms with Crippen molar-refractivity contribution in [2.75, 3.05) is 5.32 Å². The Kier molecular flexibility index (Phi) is 5.02. The number of nitrogens with zero attached hydrogens (tertiary/aromatic N) is 3. The number of hydrogen-bond acceptors (Lipinski definition) is 4. The summed E-state index contributed by atoms with van der Waals surface area (Å²) in [5.41, 5.74) is 4.92. The molecule has 0 saturated heterocycles. The highest BCUT2D eigenvalue weighted by atomic mass is 16.5. The Morgan fingerprint density at radius 2 is 1.83 bits per heavy atom. The zero-order valence-electron chi connectivity index (χ0n) is 16.2. The molecule has 0 radical (unpaired) electrons. The number of aryl methyl sites for hydroxylation is 1. The Hall–Kier alpha value is -4.37. The predicted molar refractivity (Wildman–Crippen MR) is 116 cm³/mol. The van der Waals surface area contributed by atoms with Crippen LogP contribution in [0.5, 0.6) is 0 Å². The Bertz CT molecular complexity index is 1290. The van der Waals surface area contributed by atoms with Crippen LogP contribution in [-0.4, -0.2) is 20.8 Å². The van der Waals surface area contributed by atoms with Crippen molar-refractivity contribution in [1.82, 2.24) is 9.71 Å². The third-order valence-corrected chi connectivity index (χ3v) is 4.67. The van der Waals surface area contributed by atoms with E-state index in [2.05, 4.69) is 10.3 Å². The first kappa shape index (κ1) is 19.0. The van der Waals surface area contributed by atoms with Gasteiger partial charge in [0.15, 0.2) is 5.82 Å². The zero-order valence-corrected chi connectivity index (χ0v) is 16.2. The molecule has 0 aliphatic rings. The van der Waals surface area contributed by atoms with Crippen molar-refractivity contribution in [3.63, 3.8) is 0 Å². The van der Waals surface area contributed by atoms with E-state index in [4.69, 9.17) is 5.26 Å². The third-order valence-electron chi connectivity index (χ3n) is 4.67. The molecule has 1 heterocycles. The highest BCUT2D eigenvalue weighted by molar-refractivity contribution is 6.02. The number of amides is 1. The average Bonchev–Trinajstić information content (AvgIpc) is 3.09. The fourth-order valence-electron chi connectivity index (χ4n) is 3.06. The SMILES string of the molecule is Cc1ccc(/C=C/C(=O)Nc2ccc(-c3nc4ccc(C#N)cc4n3O)cc2)cc1. The van der Waals surface area contributed by atoms with Gasteiger partial charge in [0, 0.05) is 17.3 Å². The van der Waals surface area contributed by atoms with Gasteiger partial charge in [0.2, 0.25) is 5.91 Å². The lowest BCUT2D eigenvalue weighted by molar-refractivity contribution is -0.111. The van der Waals surface area contributed by atoms with Crippen molar-refractivity contribution >= 4 is 28.7 Å². The van der Waals surface area contributed by atoms with Crippen LogP contribution in [0.2, 0.25) is 0 Å². The van der Waals surface area contributed by atoms with Crippen LogP contribution < -0.4 is 5.32 Å². The van der Waals surface area contributed by atoms with Gasteiger partial charge in [-0.2, -0.15) is 9.99 Å². The maximum absolute atomic E-state index is 12.2. The van der Waals surface area contributed by atoms with E-state index in [1.54, 1.807) is 48.5 Å². The Morgan fingerprint density at radius 1 is 1.10 bits per heavy atom. The number of nitrogens with one attached hydrogen (secondary N) is 1. The van der Waals surface area contributed by atoms with Crippen molar-refractivity contribution in [2.24, 2.45) is 0 Å². The maximum atomic E-state index is 12.2. The molecule has 0 spiro atoms. The minimum absolute atomic E-state index is 0.234. The number of imidazole rings is 1. The van der Waals surface area contributed by atoms with Gasteiger partial charge in [0.05, 0.1) is 17.1 Å². The molecule has 0 atom stereocenters. The van der Waals surface area contributed by atoms with Crippen molar-refractivity contribution < 1.29 is 10.0 Å². The molecule has 4 aromatic rings. The minimum atomic E-state index is -0.234. The molecule has 6 heteroatoms. The van der Waals surface area contributed by atoms with Crippen LogP contribution in [0.15, 0.2) is 72.8 Å². The first-order valence-corrected chi connectivity index (χ1v) is 9.31. The Labute approximate surface area is 173 Å². The van der Waals surface area contributed by atoms with Crippen LogP contribution in [0.4, 0.5) is 5.69 Å². The molecule has 4 rings (SSSR count). The van der Waals surface area contributed by atoms with Gasteiger partial charge in [0.25, 0.3) is 0 Å². The number of aromatic nitrogens is 2. The second-order valence-corrected chi connectivity index (χ2v) is 6.87. The summed E-state index contributed by atoms with van der Waals surface area (Å²) in [6.07, 6.45) is 3.24. The summed E-state index contributed by atoms with van der Waals surface area (Å²) in [6, 6.07) is 21.9. The summed E-state index contributed by atoms with van der Waals surface area (Å²) in [6.45, 7) is 2.01. The first-order valence-electron chi connectivity index (χ1n) is 9.31. The van der Waals surface area contributed by atoms with Gasteiger partial charge < -0.3 is 10.5 Å². The number of carbonyl (C=O) groups is 1. The number of anilines is 1. The average molecular weight is 394 g/mol. The highest BCUT2D eigenvalue weighted by Crippen LogP contribution is 2.25. The normalized spacial score (nSPS) is 10.9. The van der Waals surface area contributed by atoms with Gasteiger partial charge in [-0.1, -0.05) is 29.8 Å². The van der Waals surface area contributed by atoms with E-state index in [0.29, 0.717) is 33.7 Å². The molecule has 0 aliphatic carbocycles. The van der Waals surface area contributed by atoms with Crippen LogP contribution in [-0.2, 0) is 4.79 Å². The van der Waals surface area contributed by atoms with E-state index in [1.807, 2.05) is 37.3 Å². The largest absolute Gasteiger partial charge is 0.426 e. The minimum Gasteiger partial charge on any atom is -0.426 e. The summed E-state index contributed by atoms with van der Waals surface area (Å²) < 4.78 is 0.966. The van der Waals surface area contributed by atoms with E-state index in [-0.39, 0.29) is 5.91 Å². The molecule has 146 valence electrons. The molecule has 0 unspecified atom stereocenters. The lowest BCUT2D eigenvalue weighted by atomic mass is 10.1. The molecule has 1 aromatic heterocycles. The monoisotopic (exact) mass is 394 g/mol. The highest BCUT2D eigenvalue weighted by Gasteiger charge is 2.12. The Morgan fingerprint density at radius 3 is 2.53 bits per heavy atom. The number of rotatable bonds is 4. The molecule has 6 nitrogen and oxygen atoms in total. The lowest BCUT2D eigenvalue weighted by Crippen LogP contribution is -2.07. The lowest BCUT2D eigenvalue weighted by Gasteiger charge is -2.05. The number of nitriles is 1. The molecule has 3 aromatic carbocycles. The summed E-state index contributed by atoms with van der Waals surface area (Å²) >= 11 is 0. The van der Waals surface area contributed by atoms with E-state index in [9.17, 15) is 10.0 Å². The molecule has 0 fully saturated rings. The number of hydrogen-bond donors (Lipinski definition) is 2. The molecular formula is C24H18N4O2. The maximum Gasteiger partial charge on any atom is 0.248 e. The third kappa shape index (κ3) is 3.91. The van der Waals surface area contributed by atoms with Crippen LogP contribution >= 0.6 is 0 Å². The van der Waals surface area contributed by atoms with E-state index < -0.39 is 0 Å². The van der Waals surface area contributed by atoms with Gasteiger partial charge in [-0.3, -0.25) is 4.79 Å². The summed E-state index contributed by atoms with van der Waals surface area (Å²) in [5.74, 6) is 0.124. The van der Waals surface area contributed by atoms with Crippen LogP contribution in [0.1, 0.15) is 16.7 Å². The van der Waals surface area contributed by atoms with Gasteiger partial charge in [-0.25, -0.2) is 4.98 Å².